The lowest BCUT2D eigenvalue weighted by molar-refractivity contribution is -0.122. The maximum Gasteiger partial charge on any atom is 0.355 e. The number of carboxylic acid groups (broad SMARTS) is 1. The number of carbonyl (C=O) groups excluding carboxylic acids is 1. The van der Waals surface area contributed by atoms with Gasteiger partial charge in [0.25, 0.3) is 0 Å². The molecule has 1 aromatic heterocycles. The first kappa shape index (κ1) is 14.9. The van der Waals surface area contributed by atoms with Crippen LogP contribution in [0.5, 0.6) is 0 Å². The van der Waals surface area contributed by atoms with E-state index < -0.39 is 5.97 Å². The molecule has 2 atom stereocenters. The molecule has 110 valence electrons. The summed E-state index contributed by atoms with van der Waals surface area (Å²) in [4.78, 5) is 26.5. The van der Waals surface area contributed by atoms with Crippen molar-refractivity contribution in [2.75, 3.05) is 20.2 Å². The van der Waals surface area contributed by atoms with Gasteiger partial charge < -0.3 is 20.5 Å². The van der Waals surface area contributed by atoms with E-state index in [0.717, 1.165) is 0 Å². The molecule has 7 nitrogen and oxygen atoms in total. The third-order valence-electron chi connectivity index (χ3n) is 3.15. The number of carboxylic acids is 1. The summed E-state index contributed by atoms with van der Waals surface area (Å²) in [6.07, 6.45) is 1.29. The number of hydrogen-bond donors (Lipinski definition) is 3. The predicted molar refractivity (Wildman–Crippen MR) is 73.0 cm³/mol. The molecule has 1 fully saturated rings. The molecule has 1 saturated heterocycles. The third kappa shape index (κ3) is 3.75. The third-order valence-corrected chi connectivity index (χ3v) is 4.06. The summed E-state index contributed by atoms with van der Waals surface area (Å²) in [6, 6.07) is -0.217. The molecule has 0 bridgehead atoms. The van der Waals surface area contributed by atoms with Gasteiger partial charge in [0.05, 0.1) is 17.2 Å². The highest BCUT2D eigenvalue weighted by molar-refractivity contribution is 7.09. The second-order valence-electron chi connectivity index (χ2n) is 4.53. The van der Waals surface area contributed by atoms with E-state index in [9.17, 15) is 9.59 Å². The van der Waals surface area contributed by atoms with Crippen LogP contribution in [0.15, 0.2) is 5.38 Å². The zero-order chi connectivity index (χ0) is 14.5. The summed E-state index contributed by atoms with van der Waals surface area (Å²) in [5.74, 6) is -1.09. The average molecular weight is 299 g/mol. The van der Waals surface area contributed by atoms with Gasteiger partial charge in [-0.25, -0.2) is 9.78 Å². The van der Waals surface area contributed by atoms with Crippen molar-refractivity contribution in [3.8, 4) is 0 Å². The fourth-order valence-corrected chi connectivity index (χ4v) is 2.79. The lowest BCUT2D eigenvalue weighted by Crippen LogP contribution is -2.41. The summed E-state index contributed by atoms with van der Waals surface area (Å²) < 4.78 is 5.18. The molecule has 0 spiro atoms. The number of aromatic nitrogens is 1. The topological polar surface area (TPSA) is 101 Å². The van der Waals surface area contributed by atoms with E-state index in [0.29, 0.717) is 30.9 Å². The molecule has 1 amide bonds. The number of hydrogen-bond acceptors (Lipinski definition) is 6. The Labute approximate surface area is 120 Å². The van der Waals surface area contributed by atoms with Crippen molar-refractivity contribution in [3.05, 3.63) is 16.1 Å². The first-order valence-electron chi connectivity index (χ1n) is 6.31. The van der Waals surface area contributed by atoms with Crippen molar-refractivity contribution in [2.24, 2.45) is 0 Å². The molecule has 0 saturated carbocycles. The van der Waals surface area contributed by atoms with E-state index in [1.807, 2.05) is 0 Å². The number of nitrogens with zero attached hydrogens (tertiary/aromatic N) is 1. The summed E-state index contributed by atoms with van der Waals surface area (Å²) in [7, 11) is 1.63. The van der Waals surface area contributed by atoms with Crippen molar-refractivity contribution in [3.63, 3.8) is 0 Å². The highest BCUT2D eigenvalue weighted by Crippen LogP contribution is 2.11. The molecule has 20 heavy (non-hydrogen) atoms. The van der Waals surface area contributed by atoms with E-state index in [2.05, 4.69) is 15.6 Å². The summed E-state index contributed by atoms with van der Waals surface area (Å²) in [5, 5.41) is 16.9. The number of thiazole rings is 1. The van der Waals surface area contributed by atoms with Crippen LogP contribution in [0.3, 0.4) is 0 Å². The fraction of sp³-hybridized carbons (Fsp3) is 0.583. The molecule has 3 N–H and O–H groups in total. The molecule has 0 aliphatic carbocycles. The van der Waals surface area contributed by atoms with Gasteiger partial charge in [0.15, 0.2) is 5.69 Å². The first-order chi connectivity index (χ1) is 9.60. The molecule has 2 heterocycles. The maximum atomic E-state index is 11.9. The number of methoxy groups -OCH3 is 1. The van der Waals surface area contributed by atoms with E-state index >= 15 is 0 Å². The van der Waals surface area contributed by atoms with Crippen LogP contribution in [0, 0.1) is 0 Å². The Hall–Kier alpha value is -1.51. The van der Waals surface area contributed by atoms with Gasteiger partial charge in [0.1, 0.15) is 0 Å². The summed E-state index contributed by atoms with van der Waals surface area (Å²) >= 11 is 1.29. The van der Waals surface area contributed by atoms with Crippen LogP contribution in [0.25, 0.3) is 0 Å². The van der Waals surface area contributed by atoms with Crippen LogP contribution in [0.1, 0.15) is 21.9 Å². The standard InChI is InChI=1S/C12H17N3O4S/c1-19-7-4-8(14-5-7)11(16)13-3-2-10-15-9(6-20-10)12(17)18/h6-8,14H,2-5H2,1H3,(H,13,16)(H,17,18). The van der Waals surface area contributed by atoms with Crippen LogP contribution in [-0.2, 0) is 16.0 Å². The number of ether oxygens (including phenoxy) is 1. The fourth-order valence-electron chi connectivity index (χ4n) is 2.02. The Morgan fingerprint density at radius 3 is 3.05 bits per heavy atom. The number of carbonyl (C=O) groups is 2. The van der Waals surface area contributed by atoms with E-state index in [-0.39, 0.29) is 23.7 Å². The van der Waals surface area contributed by atoms with Gasteiger partial charge in [-0.1, -0.05) is 0 Å². The normalized spacial score (nSPS) is 21.9. The van der Waals surface area contributed by atoms with Crippen LogP contribution in [0.2, 0.25) is 0 Å². The van der Waals surface area contributed by atoms with Gasteiger partial charge in [-0.15, -0.1) is 11.3 Å². The Morgan fingerprint density at radius 2 is 2.45 bits per heavy atom. The Bertz CT molecular complexity index is 491. The minimum absolute atomic E-state index is 0.0525. The minimum Gasteiger partial charge on any atom is -0.476 e. The Balaban J connectivity index is 1.72. The predicted octanol–water partition coefficient (Wildman–Crippen LogP) is -0.123. The molecule has 0 aromatic carbocycles. The average Bonchev–Trinajstić information content (AvgIpc) is 3.07. The minimum atomic E-state index is -1.03. The lowest BCUT2D eigenvalue weighted by Gasteiger charge is -2.10. The van der Waals surface area contributed by atoms with Gasteiger partial charge in [0, 0.05) is 32.0 Å². The molecule has 1 aliphatic rings. The highest BCUT2D eigenvalue weighted by Gasteiger charge is 2.28. The Kier molecular flexibility index (Phi) is 5.05. The van der Waals surface area contributed by atoms with Gasteiger partial charge in [-0.3, -0.25) is 4.79 Å². The van der Waals surface area contributed by atoms with Crippen molar-refractivity contribution in [1.82, 2.24) is 15.6 Å². The van der Waals surface area contributed by atoms with Crippen molar-refractivity contribution in [1.29, 1.82) is 0 Å². The van der Waals surface area contributed by atoms with Gasteiger partial charge in [-0.05, 0) is 6.42 Å². The molecule has 2 unspecified atom stereocenters. The molecule has 1 aromatic rings. The van der Waals surface area contributed by atoms with Crippen molar-refractivity contribution in [2.45, 2.75) is 25.0 Å². The van der Waals surface area contributed by atoms with E-state index in [4.69, 9.17) is 9.84 Å². The van der Waals surface area contributed by atoms with Crippen molar-refractivity contribution >= 4 is 23.2 Å². The molecule has 8 heteroatoms. The number of nitrogens with one attached hydrogen (secondary N) is 2. The number of amides is 1. The molecular weight excluding hydrogens is 282 g/mol. The van der Waals surface area contributed by atoms with Crippen LogP contribution >= 0.6 is 11.3 Å². The molecular formula is C12H17N3O4S. The van der Waals surface area contributed by atoms with Gasteiger partial charge in [0.2, 0.25) is 5.91 Å². The highest BCUT2D eigenvalue weighted by atomic mass is 32.1. The molecule has 2 rings (SSSR count). The van der Waals surface area contributed by atoms with Crippen LogP contribution in [0.4, 0.5) is 0 Å². The van der Waals surface area contributed by atoms with Gasteiger partial charge in [-0.2, -0.15) is 0 Å². The zero-order valence-corrected chi connectivity index (χ0v) is 11.9. The van der Waals surface area contributed by atoms with Crippen LogP contribution < -0.4 is 10.6 Å². The van der Waals surface area contributed by atoms with E-state index in [1.165, 1.54) is 16.7 Å². The number of rotatable bonds is 6. The Morgan fingerprint density at radius 1 is 1.65 bits per heavy atom. The second kappa shape index (κ2) is 6.78. The SMILES string of the molecule is COC1CNC(C(=O)NCCc2nc(C(=O)O)cs2)C1. The molecule has 1 aliphatic heterocycles. The summed E-state index contributed by atoms with van der Waals surface area (Å²) in [5.41, 5.74) is 0.0525. The molecule has 0 radical (unpaired) electrons. The lowest BCUT2D eigenvalue weighted by atomic mass is 10.2. The monoisotopic (exact) mass is 299 g/mol. The second-order valence-corrected chi connectivity index (χ2v) is 5.47. The quantitative estimate of drug-likeness (QED) is 0.677. The first-order valence-corrected chi connectivity index (χ1v) is 7.19. The largest absolute Gasteiger partial charge is 0.476 e. The maximum absolute atomic E-state index is 11.9. The summed E-state index contributed by atoms with van der Waals surface area (Å²) in [6.45, 7) is 1.13. The van der Waals surface area contributed by atoms with E-state index in [1.54, 1.807) is 7.11 Å². The van der Waals surface area contributed by atoms with Crippen LogP contribution in [-0.4, -0.2) is 54.3 Å². The van der Waals surface area contributed by atoms with Gasteiger partial charge >= 0.3 is 5.97 Å². The zero-order valence-electron chi connectivity index (χ0n) is 11.1. The number of aromatic carboxylic acids is 1. The van der Waals surface area contributed by atoms with Crippen molar-refractivity contribution < 1.29 is 19.4 Å². The smallest absolute Gasteiger partial charge is 0.355 e.